The average molecular weight is 458 g/mol. The van der Waals surface area contributed by atoms with E-state index < -0.39 is 35.3 Å². The molecule has 0 saturated carbocycles. The molecule has 31 heavy (non-hydrogen) atoms. The van der Waals surface area contributed by atoms with Crippen molar-refractivity contribution < 1.29 is 37.4 Å². The number of ether oxygens (including phenoxy) is 1. The standard InChI is InChI=1S/C20H21F3N2O5S/c1-4-13-9-14(16(27)11-5-7-12(8-6-11)30-20(21,22)23)17(31-13)25-15(26)10-24-19(2,3)18(28)29/h5-9,24H,4,10H2,1-3H3,(H,25,26)(H,28,29). The zero-order valence-electron chi connectivity index (χ0n) is 16.9. The number of carbonyl (C=O) groups is 3. The Balaban J connectivity index is 2.18. The molecule has 1 heterocycles. The van der Waals surface area contributed by atoms with Gasteiger partial charge in [-0.3, -0.25) is 19.7 Å². The van der Waals surface area contributed by atoms with Crippen molar-refractivity contribution in [3.05, 3.63) is 46.3 Å². The van der Waals surface area contributed by atoms with E-state index in [9.17, 15) is 27.6 Å². The summed E-state index contributed by atoms with van der Waals surface area (Å²) in [6, 6.07) is 6.08. The van der Waals surface area contributed by atoms with Crippen molar-refractivity contribution in [3.63, 3.8) is 0 Å². The molecule has 0 atom stereocenters. The molecular formula is C20H21F3N2O5S. The lowest BCUT2D eigenvalue weighted by Gasteiger charge is -2.20. The molecule has 0 aliphatic rings. The molecule has 0 radical (unpaired) electrons. The minimum absolute atomic E-state index is 0.121. The molecule has 1 aromatic carbocycles. The Morgan fingerprint density at radius 1 is 1.13 bits per heavy atom. The number of thiophene rings is 1. The van der Waals surface area contributed by atoms with Crippen molar-refractivity contribution in [1.29, 1.82) is 0 Å². The highest BCUT2D eigenvalue weighted by atomic mass is 32.1. The number of carbonyl (C=O) groups excluding carboxylic acids is 2. The van der Waals surface area contributed by atoms with E-state index in [1.807, 2.05) is 6.92 Å². The predicted octanol–water partition coefficient (Wildman–Crippen LogP) is 3.83. The number of aryl methyl sites for hydroxylation is 1. The van der Waals surface area contributed by atoms with E-state index in [-0.39, 0.29) is 22.7 Å². The van der Waals surface area contributed by atoms with Crippen LogP contribution in [0, 0.1) is 0 Å². The van der Waals surface area contributed by atoms with E-state index >= 15 is 0 Å². The number of benzene rings is 1. The van der Waals surface area contributed by atoms with Gasteiger partial charge in [-0.05, 0) is 50.6 Å². The number of ketones is 1. The quantitative estimate of drug-likeness (QED) is 0.494. The number of amides is 1. The summed E-state index contributed by atoms with van der Waals surface area (Å²) in [7, 11) is 0. The van der Waals surface area contributed by atoms with E-state index in [1.165, 1.54) is 37.3 Å². The molecule has 11 heteroatoms. The summed E-state index contributed by atoms with van der Waals surface area (Å²) < 4.78 is 40.7. The minimum Gasteiger partial charge on any atom is -0.480 e. The lowest BCUT2D eigenvalue weighted by atomic mass is 10.0. The van der Waals surface area contributed by atoms with E-state index in [2.05, 4.69) is 15.4 Å². The summed E-state index contributed by atoms with van der Waals surface area (Å²) in [6.07, 6.45) is -4.24. The second-order valence-corrected chi connectivity index (χ2v) is 8.18. The van der Waals surface area contributed by atoms with Gasteiger partial charge in [-0.15, -0.1) is 24.5 Å². The van der Waals surface area contributed by atoms with Gasteiger partial charge in [0.15, 0.2) is 5.78 Å². The number of aliphatic carboxylic acids is 1. The topological polar surface area (TPSA) is 105 Å². The number of hydrogen-bond donors (Lipinski definition) is 3. The molecule has 0 aliphatic carbocycles. The summed E-state index contributed by atoms with van der Waals surface area (Å²) in [5.41, 5.74) is -1.01. The van der Waals surface area contributed by atoms with Crippen LogP contribution in [0.4, 0.5) is 18.2 Å². The van der Waals surface area contributed by atoms with Crippen molar-refractivity contribution in [2.75, 3.05) is 11.9 Å². The summed E-state index contributed by atoms with van der Waals surface area (Å²) in [6.45, 7) is 4.38. The molecule has 1 aromatic heterocycles. The van der Waals surface area contributed by atoms with Crippen LogP contribution < -0.4 is 15.4 Å². The largest absolute Gasteiger partial charge is 0.573 e. The van der Waals surface area contributed by atoms with Crippen molar-refractivity contribution in [2.45, 2.75) is 39.1 Å². The van der Waals surface area contributed by atoms with Gasteiger partial charge in [0.25, 0.3) is 0 Å². The smallest absolute Gasteiger partial charge is 0.480 e. The fraction of sp³-hybridized carbons (Fsp3) is 0.350. The highest BCUT2D eigenvalue weighted by Crippen LogP contribution is 2.31. The van der Waals surface area contributed by atoms with Gasteiger partial charge in [-0.2, -0.15) is 0 Å². The van der Waals surface area contributed by atoms with Crippen LogP contribution in [0.25, 0.3) is 0 Å². The third-order valence-corrected chi connectivity index (χ3v) is 5.40. The van der Waals surface area contributed by atoms with Crippen LogP contribution in [0.5, 0.6) is 5.75 Å². The van der Waals surface area contributed by atoms with Crippen LogP contribution in [0.2, 0.25) is 0 Å². The SMILES string of the molecule is CCc1cc(C(=O)c2ccc(OC(F)(F)F)cc2)c(NC(=O)CNC(C)(C)C(=O)O)s1. The van der Waals surface area contributed by atoms with Crippen LogP contribution in [0.15, 0.2) is 30.3 Å². The second-order valence-electron chi connectivity index (χ2n) is 7.04. The summed E-state index contributed by atoms with van der Waals surface area (Å²) >= 11 is 1.19. The first kappa shape index (κ1) is 24.4. The molecule has 2 aromatic rings. The first-order valence-electron chi connectivity index (χ1n) is 9.14. The molecule has 3 N–H and O–H groups in total. The first-order valence-corrected chi connectivity index (χ1v) is 9.95. The molecular weight excluding hydrogens is 437 g/mol. The maximum absolute atomic E-state index is 12.9. The molecule has 0 fully saturated rings. The summed E-state index contributed by atoms with van der Waals surface area (Å²) in [5, 5.41) is 14.6. The Morgan fingerprint density at radius 3 is 2.26 bits per heavy atom. The summed E-state index contributed by atoms with van der Waals surface area (Å²) in [4.78, 5) is 37.1. The van der Waals surface area contributed by atoms with Gasteiger partial charge < -0.3 is 15.2 Å². The Morgan fingerprint density at radius 2 is 1.74 bits per heavy atom. The highest BCUT2D eigenvalue weighted by molar-refractivity contribution is 7.16. The van der Waals surface area contributed by atoms with Gasteiger partial charge in [0.1, 0.15) is 16.3 Å². The van der Waals surface area contributed by atoms with Crippen molar-refractivity contribution in [3.8, 4) is 5.75 Å². The van der Waals surface area contributed by atoms with Gasteiger partial charge in [-0.25, -0.2) is 0 Å². The lowest BCUT2D eigenvalue weighted by Crippen LogP contribution is -2.49. The molecule has 0 spiro atoms. The molecule has 168 valence electrons. The fourth-order valence-electron chi connectivity index (χ4n) is 2.39. The zero-order chi connectivity index (χ0) is 23.4. The van der Waals surface area contributed by atoms with Crippen molar-refractivity contribution >= 4 is 34.0 Å². The Bertz CT molecular complexity index is 968. The van der Waals surface area contributed by atoms with Gasteiger partial charge in [0, 0.05) is 10.4 Å². The zero-order valence-corrected chi connectivity index (χ0v) is 17.7. The Labute approximate surface area is 180 Å². The van der Waals surface area contributed by atoms with Crippen LogP contribution in [0.3, 0.4) is 0 Å². The fourth-order valence-corrected chi connectivity index (χ4v) is 3.40. The first-order chi connectivity index (χ1) is 14.3. The third kappa shape index (κ3) is 6.79. The average Bonchev–Trinajstić information content (AvgIpc) is 3.08. The normalized spacial score (nSPS) is 11.8. The maximum atomic E-state index is 12.9. The predicted molar refractivity (Wildman–Crippen MR) is 109 cm³/mol. The molecule has 0 saturated heterocycles. The van der Waals surface area contributed by atoms with Gasteiger partial charge >= 0.3 is 12.3 Å². The number of nitrogens with one attached hydrogen (secondary N) is 2. The molecule has 0 aliphatic heterocycles. The number of anilines is 1. The number of halogens is 3. The molecule has 0 unspecified atom stereocenters. The number of hydrogen-bond acceptors (Lipinski definition) is 6. The minimum atomic E-state index is -4.84. The number of alkyl halides is 3. The second kappa shape index (κ2) is 9.48. The Kier molecular flexibility index (Phi) is 7.45. The lowest BCUT2D eigenvalue weighted by molar-refractivity contribution is -0.274. The van der Waals surface area contributed by atoms with E-state index in [1.54, 1.807) is 6.07 Å². The molecule has 1 amide bonds. The molecule has 7 nitrogen and oxygen atoms in total. The monoisotopic (exact) mass is 458 g/mol. The van der Waals surface area contributed by atoms with Crippen LogP contribution in [-0.2, 0) is 16.0 Å². The number of rotatable bonds is 9. The van der Waals surface area contributed by atoms with Crippen molar-refractivity contribution in [1.82, 2.24) is 5.32 Å². The maximum Gasteiger partial charge on any atom is 0.573 e. The van der Waals surface area contributed by atoms with Gasteiger partial charge in [-0.1, -0.05) is 6.92 Å². The molecule has 0 bridgehead atoms. The van der Waals surface area contributed by atoms with E-state index in [0.717, 1.165) is 17.0 Å². The van der Waals surface area contributed by atoms with E-state index in [0.29, 0.717) is 6.42 Å². The number of carboxylic acids is 1. The third-order valence-electron chi connectivity index (χ3n) is 4.20. The van der Waals surface area contributed by atoms with Gasteiger partial charge in [0.05, 0.1) is 12.1 Å². The van der Waals surface area contributed by atoms with Crippen LogP contribution in [0.1, 0.15) is 41.6 Å². The summed E-state index contributed by atoms with van der Waals surface area (Å²) in [5.74, 6) is -2.60. The van der Waals surface area contributed by atoms with Gasteiger partial charge in [0.2, 0.25) is 5.91 Å². The van der Waals surface area contributed by atoms with Crippen molar-refractivity contribution in [2.24, 2.45) is 0 Å². The van der Waals surface area contributed by atoms with Crippen LogP contribution in [-0.4, -0.2) is 41.2 Å². The highest BCUT2D eigenvalue weighted by Gasteiger charge is 2.31. The molecule has 2 rings (SSSR count). The Hall–Kier alpha value is -2.92. The number of carboxylic acid groups (broad SMARTS) is 1. The van der Waals surface area contributed by atoms with Crippen LogP contribution >= 0.6 is 11.3 Å². The van der Waals surface area contributed by atoms with E-state index in [4.69, 9.17) is 5.11 Å².